The lowest BCUT2D eigenvalue weighted by molar-refractivity contribution is 0.0934. The molecule has 0 aliphatic heterocycles. The van der Waals surface area contributed by atoms with Crippen molar-refractivity contribution >= 4 is 11.7 Å². The maximum absolute atomic E-state index is 13.3. The highest BCUT2D eigenvalue weighted by atomic mass is 19.1. The van der Waals surface area contributed by atoms with Crippen molar-refractivity contribution in [1.29, 1.82) is 0 Å². The van der Waals surface area contributed by atoms with Crippen LogP contribution < -0.4 is 5.32 Å². The Kier molecular flexibility index (Phi) is 4.20. The molecule has 0 aliphatic carbocycles. The van der Waals surface area contributed by atoms with Gasteiger partial charge in [-0.05, 0) is 24.6 Å². The zero-order valence-corrected chi connectivity index (χ0v) is 14.5. The number of nitrogens with one attached hydrogen (secondary N) is 1. The molecule has 1 atom stereocenters. The van der Waals surface area contributed by atoms with E-state index in [0.717, 1.165) is 11.9 Å². The number of halogens is 1. The van der Waals surface area contributed by atoms with Crippen LogP contribution in [-0.2, 0) is 5.41 Å². The molecule has 1 amide bonds. The lowest BCUT2D eigenvalue weighted by atomic mass is 9.91. The summed E-state index contributed by atoms with van der Waals surface area (Å²) in [4.78, 5) is 24.8. The third-order valence-electron chi connectivity index (χ3n) is 3.83. The predicted octanol–water partition coefficient (Wildman–Crippen LogP) is 2.45. The Bertz CT molecular complexity index is 930. The van der Waals surface area contributed by atoms with E-state index in [-0.39, 0.29) is 17.0 Å². The number of nitrogens with zero attached hydrogens (tertiary/aromatic N) is 5. The average Bonchev–Trinajstić information content (AvgIpc) is 3.01. The van der Waals surface area contributed by atoms with E-state index in [1.807, 2.05) is 20.8 Å². The molecule has 0 aliphatic rings. The molecule has 0 aromatic carbocycles. The van der Waals surface area contributed by atoms with Crippen LogP contribution in [0.5, 0.6) is 0 Å². The highest BCUT2D eigenvalue weighted by Gasteiger charge is 2.23. The summed E-state index contributed by atoms with van der Waals surface area (Å²) in [6.45, 7) is 7.82. The Hall–Kier alpha value is -2.90. The average molecular weight is 342 g/mol. The molecule has 3 aromatic rings. The van der Waals surface area contributed by atoms with Crippen molar-refractivity contribution in [3.8, 4) is 0 Å². The lowest BCUT2D eigenvalue weighted by Crippen LogP contribution is -2.29. The van der Waals surface area contributed by atoms with Gasteiger partial charge in [-0.15, -0.1) is 0 Å². The van der Waals surface area contributed by atoms with Gasteiger partial charge in [-0.1, -0.05) is 20.8 Å². The van der Waals surface area contributed by atoms with Crippen LogP contribution in [0.2, 0.25) is 0 Å². The molecule has 0 bridgehead atoms. The minimum Gasteiger partial charge on any atom is -0.344 e. The Labute approximate surface area is 144 Å². The first-order chi connectivity index (χ1) is 11.8. The third-order valence-corrected chi connectivity index (χ3v) is 3.83. The van der Waals surface area contributed by atoms with Gasteiger partial charge in [-0.25, -0.2) is 13.9 Å². The predicted molar refractivity (Wildman–Crippen MR) is 89.6 cm³/mol. The zero-order valence-electron chi connectivity index (χ0n) is 14.5. The Morgan fingerprint density at radius 2 is 2.04 bits per heavy atom. The van der Waals surface area contributed by atoms with Gasteiger partial charge in [-0.2, -0.15) is 10.1 Å². The first-order valence-electron chi connectivity index (χ1n) is 7.88. The van der Waals surface area contributed by atoms with Crippen LogP contribution in [0, 0.1) is 5.82 Å². The number of amides is 1. The molecular weight excluding hydrogens is 323 g/mol. The van der Waals surface area contributed by atoms with Gasteiger partial charge in [0.15, 0.2) is 0 Å². The summed E-state index contributed by atoms with van der Waals surface area (Å²) >= 11 is 0. The van der Waals surface area contributed by atoms with Gasteiger partial charge in [0.1, 0.15) is 17.8 Å². The molecule has 3 heterocycles. The monoisotopic (exact) mass is 342 g/mol. The van der Waals surface area contributed by atoms with Crippen LogP contribution in [0.1, 0.15) is 55.5 Å². The molecule has 0 saturated carbocycles. The van der Waals surface area contributed by atoms with Crippen LogP contribution in [-0.4, -0.2) is 30.5 Å². The van der Waals surface area contributed by atoms with Gasteiger partial charge in [0, 0.05) is 11.6 Å². The van der Waals surface area contributed by atoms with E-state index in [4.69, 9.17) is 0 Å². The fraction of sp³-hybridized carbons (Fsp3) is 0.353. The van der Waals surface area contributed by atoms with E-state index < -0.39 is 11.9 Å². The second-order valence-corrected chi connectivity index (χ2v) is 6.88. The number of carbonyl (C=O) groups excluding carboxylic acids is 1. The highest BCUT2D eigenvalue weighted by Crippen LogP contribution is 2.23. The van der Waals surface area contributed by atoms with Crippen molar-refractivity contribution in [3.63, 3.8) is 0 Å². The maximum atomic E-state index is 13.3. The van der Waals surface area contributed by atoms with Crippen molar-refractivity contribution in [2.45, 2.75) is 39.2 Å². The Morgan fingerprint density at radius 3 is 2.72 bits per heavy atom. The highest BCUT2D eigenvalue weighted by molar-refractivity contribution is 5.93. The van der Waals surface area contributed by atoms with E-state index in [9.17, 15) is 9.18 Å². The van der Waals surface area contributed by atoms with Crippen LogP contribution in [0.4, 0.5) is 4.39 Å². The summed E-state index contributed by atoms with van der Waals surface area (Å²) in [5.74, 6) is -0.456. The number of hydrogen-bond donors (Lipinski definition) is 1. The van der Waals surface area contributed by atoms with Crippen molar-refractivity contribution in [1.82, 2.24) is 29.9 Å². The zero-order chi connectivity index (χ0) is 18.2. The standard InChI is InChI=1S/C17H19FN6O/c1-10(11-5-12(18)8-19-7-11)22-15(25)13-6-14(17(2,3)4)24-16(23-13)20-9-21-24/h5-10H,1-4H3,(H,22,25). The molecule has 3 aromatic heterocycles. The van der Waals surface area contributed by atoms with E-state index >= 15 is 0 Å². The normalized spacial score (nSPS) is 13.0. The molecule has 0 fully saturated rings. The molecule has 7 nitrogen and oxygen atoms in total. The number of hydrogen-bond acceptors (Lipinski definition) is 5. The molecular formula is C17H19FN6O. The van der Waals surface area contributed by atoms with Gasteiger partial charge in [0.2, 0.25) is 0 Å². The van der Waals surface area contributed by atoms with Crippen LogP contribution in [0.25, 0.3) is 5.78 Å². The van der Waals surface area contributed by atoms with Crippen molar-refractivity contribution < 1.29 is 9.18 Å². The fourth-order valence-corrected chi connectivity index (χ4v) is 2.48. The summed E-state index contributed by atoms with van der Waals surface area (Å²) in [5, 5.41) is 6.97. The van der Waals surface area contributed by atoms with Gasteiger partial charge < -0.3 is 5.32 Å². The second-order valence-electron chi connectivity index (χ2n) is 6.88. The van der Waals surface area contributed by atoms with Gasteiger partial charge in [0.05, 0.1) is 17.9 Å². The molecule has 25 heavy (non-hydrogen) atoms. The first kappa shape index (κ1) is 16.9. The molecule has 8 heteroatoms. The molecule has 0 radical (unpaired) electrons. The second kappa shape index (κ2) is 6.19. The minimum absolute atomic E-state index is 0.238. The van der Waals surface area contributed by atoms with E-state index in [1.165, 1.54) is 18.6 Å². The van der Waals surface area contributed by atoms with Crippen molar-refractivity contribution in [2.75, 3.05) is 0 Å². The van der Waals surface area contributed by atoms with E-state index in [2.05, 4.69) is 25.4 Å². The molecule has 0 spiro atoms. The molecule has 130 valence electrons. The first-order valence-corrected chi connectivity index (χ1v) is 7.88. The summed E-state index contributed by atoms with van der Waals surface area (Å²) < 4.78 is 14.9. The van der Waals surface area contributed by atoms with Crippen LogP contribution in [0.15, 0.2) is 30.9 Å². The van der Waals surface area contributed by atoms with Crippen molar-refractivity contribution in [3.05, 3.63) is 53.6 Å². The van der Waals surface area contributed by atoms with Crippen LogP contribution in [0.3, 0.4) is 0 Å². The summed E-state index contributed by atoms with van der Waals surface area (Å²) in [7, 11) is 0. The summed E-state index contributed by atoms with van der Waals surface area (Å²) in [6.07, 6.45) is 4.04. The minimum atomic E-state index is -0.448. The molecule has 1 unspecified atom stereocenters. The Morgan fingerprint density at radius 1 is 1.28 bits per heavy atom. The molecule has 1 N–H and O–H groups in total. The van der Waals surface area contributed by atoms with E-state index in [0.29, 0.717) is 11.3 Å². The van der Waals surface area contributed by atoms with Gasteiger partial charge >= 0.3 is 0 Å². The number of aromatic nitrogens is 5. The topological polar surface area (TPSA) is 85.1 Å². The number of pyridine rings is 1. The smallest absolute Gasteiger partial charge is 0.270 e. The van der Waals surface area contributed by atoms with Gasteiger partial charge in [-0.3, -0.25) is 9.78 Å². The van der Waals surface area contributed by atoms with Crippen molar-refractivity contribution in [2.24, 2.45) is 0 Å². The third kappa shape index (κ3) is 3.47. The summed E-state index contributed by atoms with van der Waals surface area (Å²) in [5.41, 5.74) is 1.39. The number of fused-ring (bicyclic) bond motifs is 1. The largest absolute Gasteiger partial charge is 0.344 e. The lowest BCUT2D eigenvalue weighted by Gasteiger charge is -2.20. The number of rotatable bonds is 3. The SMILES string of the molecule is CC(NC(=O)c1cc(C(C)(C)C)n2ncnc2n1)c1cncc(F)c1. The quantitative estimate of drug-likeness (QED) is 0.790. The fourth-order valence-electron chi connectivity index (χ4n) is 2.48. The molecule has 0 saturated heterocycles. The molecule has 3 rings (SSSR count). The maximum Gasteiger partial charge on any atom is 0.270 e. The Balaban J connectivity index is 1.92. The van der Waals surface area contributed by atoms with E-state index in [1.54, 1.807) is 17.5 Å². The summed E-state index contributed by atoms with van der Waals surface area (Å²) in [6, 6.07) is 2.63. The van der Waals surface area contributed by atoms with Crippen LogP contribution >= 0.6 is 0 Å². The van der Waals surface area contributed by atoms with Gasteiger partial charge in [0.25, 0.3) is 11.7 Å². The number of carbonyl (C=O) groups is 1.